The minimum atomic E-state index is -1.31. The monoisotopic (exact) mass is 384 g/mol. The standard InChI is InChI=1S/2C5H11.C3H4O4.Ba/c2*1-3-5-4-2;4-2(5)1-3(6)7;/h2*1,3-5H2,2H3;1H2,(H,4,5)(H,6,7);. The first kappa shape index (κ1) is 20.8. The van der Waals surface area contributed by atoms with Crippen LogP contribution in [0.4, 0.5) is 0 Å². The van der Waals surface area contributed by atoms with E-state index < -0.39 is 18.4 Å². The number of carboxylic acid groups (broad SMARTS) is 2. The van der Waals surface area contributed by atoms with Crippen molar-refractivity contribution >= 4 is 56.1 Å². The van der Waals surface area contributed by atoms with Crippen LogP contribution < -0.4 is 0 Å². The van der Waals surface area contributed by atoms with E-state index in [-0.39, 0.29) is 44.2 Å². The molecular formula is C13H26BaO4. The maximum Gasteiger partial charge on any atom is 0.314 e. The fourth-order valence-electron chi connectivity index (χ4n) is 1.51. The van der Waals surface area contributed by atoms with Gasteiger partial charge in [-0.25, -0.2) is 0 Å². The van der Waals surface area contributed by atoms with E-state index in [1.54, 1.807) is 14.6 Å². The summed E-state index contributed by atoms with van der Waals surface area (Å²) in [5.74, 6) is -2.62. The van der Waals surface area contributed by atoms with Gasteiger partial charge in [-0.1, -0.05) is 0 Å². The van der Waals surface area contributed by atoms with E-state index in [4.69, 9.17) is 10.2 Å². The maximum absolute atomic E-state index is 9.43. The SMILES string of the molecule is CCCC[CH2][Ba][CH2]CCCC.O=C(O)CC(=O)O. The van der Waals surface area contributed by atoms with E-state index in [0.717, 1.165) is 0 Å². The molecule has 2 N–H and O–H groups in total. The van der Waals surface area contributed by atoms with E-state index in [1.165, 1.54) is 25.7 Å². The summed E-state index contributed by atoms with van der Waals surface area (Å²) in [4.78, 5) is 18.9. The quantitative estimate of drug-likeness (QED) is 0.344. The van der Waals surface area contributed by atoms with Crippen molar-refractivity contribution in [3.63, 3.8) is 0 Å². The Bertz CT molecular complexity index is 187. The van der Waals surface area contributed by atoms with Gasteiger partial charge >= 0.3 is 110 Å². The molecule has 4 nitrogen and oxygen atoms in total. The molecule has 0 aliphatic rings. The van der Waals surface area contributed by atoms with Crippen molar-refractivity contribution in [3.8, 4) is 0 Å². The zero-order chi connectivity index (χ0) is 14.2. The molecule has 0 amide bonds. The van der Waals surface area contributed by atoms with Crippen LogP contribution in [0.2, 0.25) is 1.78 Å². The van der Waals surface area contributed by atoms with Crippen molar-refractivity contribution in [2.45, 2.75) is 60.6 Å². The number of carbonyl (C=O) groups is 2. The largest absolute Gasteiger partial charge is 0.481 e. The molecule has 0 atom stereocenters. The van der Waals surface area contributed by atoms with Gasteiger partial charge in [0.2, 0.25) is 0 Å². The summed E-state index contributed by atoms with van der Waals surface area (Å²) < 4.78 is 3.38. The van der Waals surface area contributed by atoms with Crippen LogP contribution >= 0.6 is 0 Å². The predicted molar refractivity (Wildman–Crippen MR) is 74.3 cm³/mol. The number of carboxylic acids is 2. The van der Waals surface area contributed by atoms with Gasteiger partial charge in [-0.3, -0.25) is 9.59 Å². The van der Waals surface area contributed by atoms with Crippen molar-refractivity contribution in [1.29, 1.82) is 0 Å². The number of rotatable bonds is 10. The van der Waals surface area contributed by atoms with Crippen LogP contribution in [0, 0.1) is 0 Å². The van der Waals surface area contributed by atoms with Crippen LogP contribution in [0.1, 0.15) is 58.8 Å². The Morgan fingerprint density at radius 1 is 0.833 bits per heavy atom. The topological polar surface area (TPSA) is 74.6 Å². The fraction of sp³-hybridized carbons (Fsp3) is 0.846. The van der Waals surface area contributed by atoms with Crippen molar-refractivity contribution in [2.75, 3.05) is 0 Å². The van der Waals surface area contributed by atoms with Gasteiger partial charge < -0.3 is 10.2 Å². The minimum Gasteiger partial charge on any atom is -0.481 e. The Balaban J connectivity index is 0. The van der Waals surface area contributed by atoms with Crippen LogP contribution in [0.25, 0.3) is 0 Å². The smallest absolute Gasteiger partial charge is 0.314 e. The third-order valence-electron chi connectivity index (χ3n) is 2.51. The van der Waals surface area contributed by atoms with Gasteiger partial charge in [-0.2, -0.15) is 0 Å². The molecule has 0 aromatic carbocycles. The number of unbranched alkanes of at least 4 members (excludes halogenated alkanes) is 4. The van der Waals surface area contributed by atoms with E-state index in [0.29, 0.717) is 0 Å². The molecule has 0 fully saturated rings. The molecule has 18 heavy (non-hydrogen) atoms. The molecule has 0 spiro atoms. The van der Waals surface area contributed by atoms with Crippen LogP contribution in [0.3, 0.4) is 0 Å². The third kappa shape index (κ3) is 25.4. The number of hydrogen-bond acceptors (Lipinski definition) is 2. The Labute approximate surface area is 135 Å². The molecule has 104 valence electrons. The van der Waals surface area contributed by atoms with Crippen molar-refractivity contribution in [3.05, 3.63) is 0 Å². The summed E-state index contributed by atoms with van der Waals surface area (Å²) in [6, 6.07) is 0. The molecule has 0 radical (unpaired) electrons. The molecule has 0 aromatic rings. The Kier molecular flexibility index (Phi) is 20.3. The van der Waals surface area contributed by atoms with Crippen LogP contribution in [0.5, 0.6) is 0 Å². The predicted octanol–water partition coefficient (Wildman–Crippen LogP) is 3.45. The van der Waals surface area contributed by atoms with Gasteiger partial charge in [0, 0.05) is 0 Å². The zero-order valence-corrected chi connectivity index (χ0v) is 16.2. The first-order valence-electron chi connectivity index (χ1n) is 6.98. The fourth-order valence-corrected chi connectivity index (χ4v) is 7.06. The van der Waals surface area contributed by atoms with E-state index >= 15 is 0 Å². The van der Waals surface area contributed by atoms with Crippen LogP contribution in [0.15, 0.2) is 0 Å². The second-order valence-electron chi connectivity index (χ2n) is 4.44. The van der Waals surface area contributed by atoms with E-state index in [9.17, 15) is 9.59 Å². The zero-order valence-electron chi connectivity index (χ0n) is 11.8. The average Bonchev–Trinajstić information content (AvgIpc) is 2.27. The maximum atomic E-state index is 9.43. The normalized spacial score (nSPS) is 9.00. The second-order valence-corrected chi connectivity index (χ2v) is 11.1. The number of hydrogen-bond donors (Lipinski definition) is 2. The van der Waals surface area contributed by atoms with Crippen LogP contribution in [-0.4, -0.2) is 66.3 Å². The molecule has 0 aromatic heterocycles. The van der Waals surface area contributed by atoms with Crippen molar-refractivity contribution < 1.29 is 19.8 Å². The van der Waals surface area contributed by atoms with Gasteiger partial charge in [0.15, 0.2) is 0 Å². The average molecular weight is 384 g/mol. The van der Waals surface area contributed by atoms with Gasteiger partial charge in [0.25, 0.3) is 0 Å². The Hall–Kier alpha value is 0.511. The summed E-state index contributed by atoms with van der Waals surface area (Å²) in [6.07, 6.45) is 8.11. The minimum absolute atomic E-state index is 0.290. The third-order valence-corrected chi connectivity index (χ3v) is 8.79. The molecule has 5 heteroatoms. The molecule has 0 heterocycles. The van der Waals surface area contributed by atoms with Gasteiger partial charge in [-0.15, -0.1) is 0 Å². The summed E-state index contributed by atoms with van der Waals surface area (Å²) in [6.45, 7) is 4.60. The molecular weight excluding hydrogens is 357 g/mol. The van der Waals surface area contributed by atoms with E-state index in [1.807, 2.05) is 0 Å². The first-order valence-corrected chi connectivity index (χ1v) is 13.3. The van der Waals surface area contributed by atoms with Gasteiger partial charge in [0.05, 0.1) is 0 Å². The molecule has 0 rings (SSSR count). The summed E-state index contributed by atoms with van der Waals surface area (Å²) in [7, 11) is 0. The molecule has 0 aliphatic heterocycles. The molecule has 0 saturated heterocycles. The number of aliphatic carboxylic acids is 2. The molecule has 0 bridgehead atoms. The van der Waals surface area contributed by atoms with Crippen molar-refractivity contribution in [2.24, 2.45) is 0 Å². The summed E-state index contributed by atoms with van der Waals surface area (Å²) in [5.41, 5.74) is 0. The first-order chi connectivity index (χ1) is 8.54. The summed E-state index contributed by atoms with van der Waals surface area (Å²) in [5, 5.41) is 15.4. The second kappa shape index (κ2) is 17.5. The van der Waals surface area contributed by atoms with Crippen LogP contribution in [-0.2, 0) is 9.59 Å². The molecule has 0 saturated carbocycles. The Morgan fingerprint density at radius 3 is 1.44 bits per heavy atom. The van der Waals surface area contributed by atoms with Crippen molar-refractivity contribution in [1.82, 2.24) is 0 Å². The Morgan fingerprint density at radius 2 is 1.22 bits per heavy atom. The summed E-state index contributed by atoms with van der Waals surface area (Å²) >= 11 is -0.290. The van der Waals surface area contributed by atoms with Gasteiger partial charge in [0.1, 0.15) is 6.42 Å². The molecule has 0 aliphatic carbocycles. The van der Waals surface area contributed by atoms with E-state index in [2.05, 4.69) is 13.8 Å². The van der Waals surface area contributed by atoms with Gasteiger partial charge in [-0.05, 0) is 0 Å². The molecule has 0 unspecified atom stereocenters.